The second-order valence-electron chi connectivity index (χ2n) is 7.31. The number of nitrogens with one attached hydrogen (secondary N) is 1. The largest absolute Gasteiger partial charge is 0.305 e. The number of piperazine rings is 1. The molecule has 2 nitrogen and oxygen atoms in total. The first-order valence-corrected chi connectivity index (χ1v) is 7.49. The van der Waals surface area contributed by atoms with Crippen molar-refractivity contribution < 1.29 is 0 Å². The lowest BCUT2D eigenvalue weighted by Gasteiger charge is -2.46. The summed E-state index contributed by atoms with van der Waals surface area (Å²) in [6.07, 6.45) is 1.35. The van der Waals surface area contributed by atoms with Crippen LogP contribution in [0.5, 0.6) is 0 Å². The molecule has 2 aliphatic rings. The second-order valence-corrected chi connectivity index (χ2v) is 7.31. The van der Waals surface area contributed by atoms with Crippen molar-refractivity contribution in [2.24, 2.45) is 5.41 Å². The third-order valence-electron chi connectivity index (χ3n) is 5.13. The van der Waals surface area contributed by atoms with Crippen LogP contribution in [0.25, 0.3) is 0 Å². The summed E-state index contributed by atoms with van der Waals surface area (Å²) >= 11 is 0. The van der Waals surface area contributed by atoms with E-state index in [9.17, 15) is 0 Å². The molecule has 1 aromatic carbocycles. The normalized spacial score (nSPS) is 38.1. The molecule has 1 N–H and O–H groups in total. The Bertz CT molecular complexity index is 454. The summed E-state index contributed by atoms with van der Waals surface area (Å²) in [5, 5.41) is 3.76. The van der Waals surface area contributed by atoms with Crippen LogP contribution in [0.3, 0.4) is 0 Å². The van der Waals surface area contributed by atoms with E-state index in [2.05, 4.69) is 68.2 Å². The van der Waals surface area contributed by atoms with Gasteiger partial charge in [0.05, 0.1) is 5.54 Å². The van der Waals surface area contributed by atoms with Crippen LogP contribution in [0.1, 0.15) is 39.7 Å². The topological polar surface area (TPSA) is 15.3 Å². The van der Waals surface area contributed by atoms with E-state index in [0.29, 0.717) is 11.5 Å². The molecule has 1 aliphatic carbocycles. The van der Waals surface area contributed by atoms with E-state index >= 15 is 0 Å². The maximum Gasteiger partial charge on any atom is 0.0535 e. The van der Waals surface area contributed by atoms with E-state index < -0.39 is 0 Å². The smallest absolute Gasteiger partial charge is 0.0535 e. The zero-order valence-electron chi connectivity index (χ0n) is 12.6. The van der Waals surface area contributed by atoms with Crippen molar-refractivity contribution in [3.63, 3.8) is 0 Å². The predicted molar refractivity (Wildman–Crippen MR) is 80.2 cm³/mol. The summed E-state index contributed by atoms with van der Waals surface area (Å²) in [4.78, 5) is 2.73. The number of rotatable bonds is 2. The van der Waals surface area contributed by atoms with Crippen LogP contribution in [-0.4, -0.2) is 30.1 Å². The Morgan fingerprint density at radius 1 is 1.16 bits per heavy atom. The van der Waals surface area contributed by atoms with Crippen LogP contribution in [0.2, 0.25) is 0 Å². The fraction of sp³-hybridized carbons (Fsp3) is 0.647. The minimum absolute atomic E-state index is 0.0897. The maximum atomic E-state index is 3.76. The molecule has 1 saturated heterocycles. The minimum atomic E-state index is 0.0897. The van der Waals surface area contributed by atoms with E-state index in [-0.39, 0.29) is 5.54 Å². The van der Waals surface area contributed by atoms with Gasteiger partial charge in [0.1, 0.15) is 0 Å². The Balaban J connectivity index is 1.82. The molecule has 1 heterocycles. The lowest BCUT2D eigenvalue weighted by molar-refractivity contribution is 0.0764. The monoisotopic (exact) mass is 258 g/mol. The molecular weight excluding hydrogens is 232 g/mol. The van der Waals surface area contributed by atoms with Gasteiger partial charge in [-0.05, 0) is 31.2 Å². The highest BCUT2D eigenvalue weighted by Crippen LogP contribution is 2.50. The van der Waals surface area contributed by atoms with Gasteiger partial charge in [-0.25, -0.2) is 0 Å². The van der Waals surface area contributed by atoms with Gasteiger partial charge in [-0.2, -0.15) is 0 Å². The van der Waals surface area contributed by atoms with Gasteiger partial charge in [0.25, 0.3) is 0 Å². The van der Waals surface area contributed by atoms with Crippen LogP contribution in [-0.2, 0) is 5.54 Å². The fourth-order valence-corrected chi connectivity index (χ4v) is 3.49. The molecule has 3 atom stereocenters. The molecule has 0 aromatic heterocycles. The molecule has 104 valence electrons. The van der Waals surface area contributed by atoms with Gasteiger partial charge in [-0.3, -0.25) is 4.90 Å². The molecular formula is C17H26N2. The van der Waals surface area contributed by atoms with Crippen LogP contribution in [0, 0.1) is 5.41 Å². The Morgan fingerprint density at radius 2 is 1.79 bits per heavy atom. The highest BCUT2D eigenvalue weighted by atomic mass is 15.3. The zero-order chi connectivity index (χ0) is 13.7. The van der Waals surface area contributed by atoms with Crippen LogP contribution < -0.4 is 5.32 Å². The minimum Gasteiger partial charge on any atom is -0.305 e. The molecule has 1 aliphatic heterocycles. The fourth-order valence-electron chi connectivity index (χ4n) is 3.49. The number of hydrogen-bond acceptors (Lipinski definition) is 2. The summed E-state index contributed by atoms with van der Waals surface area (Å²) in [6, 6.07) is 12.3. The first-order valence-electron chi connectivity index (χ1n) is 7.49. The quantitative estimate of drug-likeness (QED) is 0.877. The third-order valence-corrected chi connectivity index (χ3v) is 5.13. The van der Waals surface area contributed by atoms with Gasteiger partial charge in [0, 0.05) is 25.2 Å². The lowest BCUT2D eigenvalue weighted by Crippen LogP contribution is -2.61. The lowest BCUT2D eigenvalue weighted by atomic mass is 9.88. The Labute approximate surface area is 117 Å². The van der Waals surface area contributed by atoms with Gasteiger partial charge in [0.2, 0.25) is 0 Å². The molecule has 0 amide bonds. The van der Waals surface area contributed by atoms with E-state index in [0.717, 1.165) is 19.1 Å². The van der Waals surface area contributed by atoms with E-state index in [1.807, 2.05) is 0 Å². The number of hydrogen-bond donors (Lipinski definition) is 1. The van der Waals surface area contributed by atoms with E-state index in [1.54, 1.807) is 0 Å². The van der Waals surface area contributed by atoms with Gasteiger partial charge in [-0.15, -0.1) is 0 Å². The third kappa shape index (κ3) is 2.32. The van der Waals surface area contributed by atoms with E-state index in [4.69, 9.17) is 0 Å². The van der Waals surface area contributed by atoms with Gasteiger partial charge in [-0.1, -0.05) is 44.2 Å². The maximum absolute atomic E-state index is 3.76. The predicted octanol–water partition coefficient (Wildman–Crippen LogP) is 2.99. The van der Waals surface area contributed by atoms with E-state index in [1.165, 1.54) is 12.0 Å². The number of benzene rings is 1. The average Bonchev–Trinajstić information content (AvgIpc) is 3.03. The molecule has 19 heavy (non-hydrogen) atoms. The van der Waals surface area contributed by atoms with Gasteiger partial charge in [0.15, 0.2) is 0 Å². The highest BCUT2D eigenvalue weighted by molar-refractivity contribution is 5.26. The molecule has 1 saturated carbocycles. The zero-order valence-corrected chi connectivity index (χ0v) is 12.6. The molecule has 1 aromatic rings. The SMILES string of the molecule is CC1CNC(C)(c2ccccc2)CN1C1CC1(C)C. The molecule has 0 radical (unpaired) electrons. The molecule has 3 unspecified atom stereocenters. The molecule has 0 bridgehead atoms. The molecule has 2 fully saturated rings. The standard InChI is InChI=1S/C17H26N2/c1-13-11-18-17(4,14-8-6-5-7-9-14)12-19(13)15-10-16(15,2)3/h5-9,13,15,18H,10-12H2,1-4H3. The first kappa shape index (κ1) is 13.1. The van der Waals surface area contributed by atoms with Crippen molar-refractivity contribution in [1.82, 2.24) is 10.2 Å². The Kier molecular flexibility index (Phi) is 2.99. The molecule has 2 heteroatoms. The summed E-state index contributed by atoms with van der Waals surface area (Å²) in [7, 11) is 0. The van der Waals surface area contributed by atoms with Gasteiger partial charge >= 0.3 is 0 Å². The van der Waals surface area contributed by atoms with Crippen LogP contribution >= 0.6 is 0 Å². The van der Waals surface area contributed by atoms with Crippen LogP contribution in [0.15, 0.2) is 30.3 Å². The van der Waals surface area contributed by atoms with Crippen LogP contribution in [0.4, 0.5) is 0 Å². The summed E-state index contributed by atoms with van der Waals surface area (Å²) in [6.45, 7) is 11.7. The van der Waals surface area contributed by atoms with Crippen molar-refractivity contribution >= 4 is 0 Å². The summed E-state index contributed by atoms with van der Waals surface area (Å²) in [5.74, 6) is 0. The number of nitrogens with zero attached hydrogens (tertiary/aromatic N) is 1. The average molecular weight is 258 g/mol. The second kappa shape index (κ2) is 4.32. The Hall–Kier alpha value is -0.860. The van der Waals surface area contributed by atoms with Crippen molar-refractivity contribution in [3.05, 3.63) is 35.9 Å². The van der Waals surface area contributed by atoms with Crippen molar-refractivity contribution in [3.8, 4) is 0 Å². The first-order chi connectivity index (χ1) is 8.92. The van der Waals surface area contributed by atoms with Gasteiger partial charge < -0.3 is 5.32 Å². The Morgan fingerprint density at radius 3 is 2.37 bits per heavy atom. The van der Waals surface area contributed by atoms with Crippen molar-refractivity contribution in [1.29, 1.82) is 0 Å². The van der Waals surface area contributed by atoms with Crippen molar-refractivity contribution in [2.45, 2.75) is 51.7 Å². The van der Waals surface area contributed by atoms with Crippen molar-refractivity contribution in [2.75, 3.05) is 13.1 Å². The summed E-state index contributed by atoms with van der Waals surface area (Å²) < 4.78 is 0. The molecule has 3 rings (SSSR count). The molecule has 0 spiro atoms. The summed E-state index contributed by atoms with van der Waals surface area (Å²) in [5.41, 5.74) is 2.01. The highest BCUT2D eigenvalue weighted by Gasteiger charge is 2.52.